The molecule has 0 aliphatic carbocycles. The van der Waals surface area contributed by atoms with Crippen molar-refractivity contribution >= 4 is 5.82 Å². The maximum Gasteiger partial charge on any atom is 0.432 e. The molecule has 3 heterocycles. The van der Waals surface area contributed by atoms with Crippen molar-refractivity contribution in [3.8, 4) is 0 Å². The Morgan fingerprint density at radius 3 is 2.70 bits per heavy atom. The Bertz CT molecular complexity index is 695. The normalized spacial score (nSPS) is 19.2. The molecule has 2 aromatic rings. The van der Waals surface area contributed by atoms with E-state index in [1.54, 1.807) is 6.20 Å². The van der Waals surface area contributed by atoms with E-state index in [0.717, 1.165) is 42.8 Å². The van der Waals surface area contributed by atoms with Gasteiger partial charge in [-0.1, -0.05) is 0 Å². The highest BCUT2D eigenvalue weighted by Crippen LogP contribution is 2.32. The van der Waals surface area contributed by atoms with Crippen molar-refractivity contribution < 1.29 is 13.2 Å². The summed E-state index contributed by atoms with van der Waals surface area (Å²) in [7, 11) is 0. The first-order valence-corrected chi connectivity index (χ1v) is 7.52. The summed E-state index contributed by atoms with van der Waals surface area (Å²) < 4.78 is 38.1. The van der Waals surface area contributed by atoms with Crippen molar-refractivity contribution in [3.63, 3.8) is 0 Å². The average molecular weight is 325 g/mol. The molecule has 1 atom stereocenters. The van der Waals surface area contributed by atoms with Gasteiger partial charge in [0.2, 0.25) is 0 Å². The fraction of sp³-hybridized carbons (Fsp3) is 0.533. The Kier molecular flexibility index (Phi) is 3.99. The van der Waals surface area contributed by atoms with Gasteiger partial charge in [-0.25, -0.2) is 9.97 Å². The highest BCUT2D eigenvalue weighted by atomic mass is 19.4. The number of anilines is 1. The largest absolute Gasteiger partial charge is 0.432 e. The van der Waals surface area contributed by atoms with E-state index in [1.165, 1.54) is 0 Å². The lowest BCUT2D eigenvalue weighted by Gasteiger charge is -2.33. The minimum absolute atomic E-state index is 0.0680. The van der Waals surface area contributed by atoms with Crippen molar-refractivity contribution in [3.05, 3.63) is 35.3 Å². The van der Waals surface area contributed by atoms with Gasteiger partial charge in [0.05, 0.1) is 17.6 Å². The Morgan fingerprint density at radius 1 is 1.22 bits per heavy atom. The van der Waals surface area contributed by atoms with Crippen molar-refractivity contribution in [1.82, 2.24) is 19.9 Å². The third-order valence-corrected chi connectivity index (χ3v) is 4.06. The molecule has 2 aromatic heterocycles. The number of aromatic amines is 1. The van der Waals surface area contributed by atoms with E-state index in [-0.39, 0.29) is 5.92 Å². The maximum absolute atomic E-state index is 12.7. The fourth-order valence-electron chi connectivity index (χ4n) is 2.91. The molecule has 8 heteroatoms. The second-order valence-corrected chi connectivity index (χ2v) is 5.89. The average Bonchev–Trinajstić information content (AvgIpc) is 3.00. The summed E-state index contributed by atoms with van der Waals surface area (Å²) in [5.74, 6) is 1.12. The molecule has 3 rings (SSSR count). The number of nitrogens with one attached hydrogen (secondary N) is 1. The summed E-state index contributed by atoms with van der Waals surface area (Å²) in [6, 6.07) is 0. The maximum atomic E-state index is 12.7. The second-order valence-electron chi connectivity index (χ2n) is 5.89. The van der Waals surface area contributed by atoms with Gasteiger partial charge < -0.3 is 9.88 Å². The van der Waals surface area contributed by atoms with E-state index in [4.69, 9.17) is 0 Å². The molecule has 1 aliphatic heterocycles. The summed E-state index contributed by atoms with van der Waals surface area (Å²) in [5, 5.41) is 0. The van der Waals surface area contributed by atoms with Crippen LogP contribution >= 0.6 is 0 Å². The monoisotopic (exact) mass is 325 g/mol. The number of hydrogen-bond donors (Lipinski definition) is 1. The van der Waals surface area contributed by atoms with Crippen LogP contribution in [0.25, 0.3) is 0 Å². The lowest BCUT2D eigenvalue weighted by atomic mass is 9.97. The fourth-order valence-corrected chi connectivity index (χ4v) is 2.91. The van der Waals surface area contributed by atoms with Crippen LogP contribution in [0.5, 0.6) is 0 Å². The number of aryl methyl sites for hydroxylation is 2. The third-order valence-electron chi connectivity index (χ3n) is 4.06. The SMILES string of the molecule is Cc1cnc(C)c(N2CCC[C@@H](c3ncc(C(F)(F)F)[nH]3)C2)n1. The molecule has 0 amide bonds. The van der Waals surface area contributed by atoms with Gasteiger partial charge >= 0.3 is 6.18 Å². The van der Waals surface area contributed by atoms with Crippen LogP contribution in [0.15, 0.2) is 12.4 Å². The quantitative estimate of drug-likeness (QED) is 0.921. The zero-order valence-electron chi connectivity index (χ0n) is 13.0. The van der Waals surface area contributed by atoms with Crippen molar-refractivity contribution in [2.45, 2.75) is 38.8 Å². The first-order valence-electron chi connectivity index (χ1n) is 7.52. The molecule has 124 valence electrons. The Labute approximate surface area is 132 Å². The zero-order valence-corrected chi connectivity index (χ0v) is 13.0. The number of imidazole rings is 1. The Morgan fingerprint density at radius 2 is 2.00 bits per heavy atom. The van der Waals surface area contributed by atoms with Crippen LogP contribution in [-0.2, 0) is 6.18 Å². The van der Waals surface area contributed by atoms with Gasteiger partial charge in [0.1, 0.15) is 17.3 Å². The summed E-state index contributed by atoms with van der Waals surface area (Å²) in [6.07, 6.45) is -0.131. The number of nitrogens with zero attached hydrogens (tertiary/aromatic N) is 4. The summed E-state index contributed by atoms with van der Waals surface area (Å²) in [5.41, 5.74) is 0.855. The van der Waals surface area contributed by atoms with E-state index in [9.17, 15) is 13.2 Å². The molecular formula is C15H18F3N5. The van der Waals surface area contributed by atoms with Gasteiger partial charge in [-0.05, 0) is 26.7 Å². The van der Waals surface area contributed by atoms with Crippen LogP contribution in [0.4, 0.5) is 19.0 Å². The second kappa shape index (κ2) is 5.82. The number of rotatable bonds is 2. The molecule has 1 N–H and O–H groups in total. The van der Waals surface area contributed by atoms with Gasteiger partial charge in [-0.2, -0.15) is 13.2 Å². The zero-order chi connectivity index (χ0) is 16.6. The lowest BCUT2D eigenvalue weighted by Crippen LogP contribution is -2.36. The number of aromatic nitrogens is 4. The van der Waals surface area contributed by atoms with Crippen LogP contribution in [-0.4, -0.2) is 33.0 Å². The Hall–Kier alpha value is -2.12. The predicted molar refractivity (Wildman–Crippen MR) is 79.3 cm³/mol. The van der Waals surface area contributed by atoms with E-state index in [0.29, 0.717) is 12.4 Å². The van der Waals surface area contributed by atoms with Crippen molar-refractivity contribution in [2.75, 3.05) is 18.0 Å². The minimum Gasteiger partial charge on any atom is -0.354 e. The van der Waals surface area contributed by atoms with Crippen molar-refractivity contribution in [1.29, 1.82) is 0 Å². The van der Waals surface area contributed by atoms with Gasteiger partial charge in [0, 0.05) is 25.2 Å². The number of H-pyrrole nitrogens is 1. The smallest absolute Gasteiger partial charge is 0.354 e. The molecule has 5 nitrogen and oxygen atoms in total. The third kappa shape index (κ3) is 3.30. The molecule has 0 radical (unpaired) electrons. The van der Waals surface area contributed by atoms with E-state index >= 15 is 0 Å². The van der Waals surface area contributed by atoms with Crippen LogP contribution in [0.2, 0.25) is 0 Å². The molecule has 1 fully saturated rings. The number of halogens is 3. The molecular weight excluding hydrogens is 307 g/mol. The van der Waals surface area contributed by atoms with E-state index < -0.39 is 11.9 Å². The van der Waals surface area contributed by atoms with Crippen molar-refractivity contribution in [2.24, 2.45) is 0 Å². The highest BCUT2D eigenvalue weighted by Gasteiger charge is 2.34. The molecule has 23 heavy (non-hydrogen) atoms. The molecule has 0 unspecified atom stereocenters. The van der Waals surface area contributed by atoms with E-state index in [2.05, 4.69) is 24.8 Å². The highest BCUT2D eigenvalue weighted by molar-refractivity contribution is 5.44. The summed E-state index contributed by atoms with van der Waals surface area (Å²) >= 11 is 0. The summed E-state index contributed by atoms with van der Waals surface area (Å²) in [4.78, 5) is 17.3. The molecule has 1 aliphatic rings. The van der Waals surface area contributed by atoms with Gasteiger partial charge in [-0.3, -0.25) is 4.98 Å². The van der Waals surface area contributed by atoms with E-state index in [1.807, 2.05) is 13.8 Å². The van der Waals surface area contributed by atoms with Crippen LogP contribution in [0.3, 0.4) is 0 Å². The van der Waals surface area contributed by atoms with Gasteiger partial charge in [0.25, 0.3) is 0 Å². The molecule has 0 spiro atoms. The van der Waals surface area contributed by atoms with Gasteiger partial charge in [0.15, 0.2) is 0 Å². The standard InChI is InChI=1S/C15H18F3N5/c1-9-6-19-10(2)14(21-9)23-5-3-4-11(8-23)13-20-7-12(22-13)15(16,17)18/h6-7,11H,3-5,8H2,1-2H3,(H,20,22)/t11-/m1/s1. The first kappa shape index (κ1) is 15.8. The number of piperidine rings is 1. The summed E-state index contributed by atoms with van der Waals surface area (Å²) in [6.45, 7) is 5.17. The van der Waals surface area contributed by atoms with Crippen LogP contribution in [0, 0.1) is 13.8 Å². The van der Waals surface area contributed by atoms with Gasteiger partial charge in [-0.15, -0.1) is 0 Å². The number of alkyl halides is 3. The molecule has 0 aromatic carbocycles. The Balaban J connectivity index is 1.81. The number of hydrogen-bond acceptors (Lipinski definition) is 4. The lowest BCUT2D eigenvalue weighted by molar-refractivity contribution is -0.141. The van der Waals surface area contributed by atoms with Crippen LogP contribution < -0.4 is 4.90 Å². The predicted octanol–water partition coefficient (Wildman–Crippen LogP) is 3.22. The molecule has 0 saturated carbocycles. The minimum atomic E-state index is -4.39. The first-order chi connectivity index (χ1) is 10.8. The van der Waals surface area contributed by atoms with Crippen LogP contribution in [0.1, 0.15) is 41.7 Å². The topological polar surface area (TPSA) is 57.7 Å². The molecule has 0 bridgehead atoms. The molecule has 1 saturated heterocycles.